The molecule has 2 aromatic heterocycles. The average Bonchev–Trinajstić information content (AvgIpc) is 2.66. The highest BCUT2D eigenvalue weighted by Crippen LogP contribution is 2.26. The van der Waals surface area contributed by atoms with Gasteiger partial charge in [0.15, 0.2) is 0 Å². The molecule has 0 saturated carbocycles. The number of hydrogen-bond donors (Lipinski definition) is 1. The zero-order valence-electron chi connectivity index (χ0n) is 16.5. The molecule has 2 heterocycles. The monoisotopic (exact) mass is 361 g/mol. The Morgan fingerprint density at radius 2 is 1.78 bits per heavy atom. The number of likely N-dealkylation sites (N-methyl/N-ethyl adjacent to an activating group) is 1. The Balaban J connectivity index is 1.76. The Hall–Kier alpha value is -2.95. The normalized spacial score (nSPS) is 10.9. The van der Waals surface area contributed by atoms with Crippen molar-refractivity contribution < 1.29 is 0 Å². The number of rotatable bonds is 7. The van der Waals surface area contributed by atoms with Crippen LogP contribution < -0.4 is 10.2 Å². The highest BCUT2D eigenvalue weighted by atomic mass is 15.2. The number of aryl methyl sites for hydroxylation is 1. The largest absolute Gasteiger partial charge is 0.359 e. The molecule has 27 heavy (non-hydrogen) atoms. The van der Waals surface area contributed by atoms with Gasteiger partial charge in [0.2, 0.25) is 5.95 Å². The Labute approximate surface area is 161 Å². The van der Waals surface area contributed by atoms with E-state index in [1.54, 1.807) is 0 Å². The van der Waals surface area contributed by atoms with Crippen molar-refractivity contribution in [2.24, 2.45) is 0 Å². The van der Waals surface area contributed by atoms with Crippen molar-refractivity contribution in [2.45, 2.75) is 33.1 Å². The minimum absolute atomic E-state index is 0.431. The fourth-order valence-electron chi connectivity index (χ4n) is 3.00. The van der Waals surface area contributed by atoms with Crippen LogP contribution in [0.3, 0.4) is 0 Å². The third-order valence-electron chi connectivity index (χ3n) is 4.55. The van der Waals surface area contributed by atoms with Crippen molar-refractivity contribution in [2.75, 3.05) is 23.8 Å². The van der Waals surface area contributed by atoms with Crippen molar-refractivity contribution >= 4 is 17.5 Å². The highest BCUT2D eigenvalue weighted by molar-refractivity contribution is 5.60. The van der Waals surface area contributed by atoms with Crippen molar-refractivity contribution in [3.8, 4) is 0 Å². The molecule has 0 saturated heterocycles. The van der Waals surface area contributed by atoms with Crippen LogP contribution in [0.15, 0.2) is 54.9 Å². The van der Waals surface area contributed by atoms with Crippen LogP contribution in [-0.2, 0) is 6.42 Å². The van der Waals surface area contributed by atoms with Crippen molar-refractivity contribution in [3.05, 3.63) is 71.7 Å². The lowest BCUT2D eigenvalue weighted by Crippen LogP contribution is -2.22. The second-order valence-corrected chi connectivity index (χ2v) is 7.09. The molecule has 0 aliphatic heterocycles. The minimum Gasteiger partial charge on any atom is -0.359 e. The third kappa shape index (κ3) is 5.03. The van der Waals surface area contributed by atoms with Crippen LogP contribution in [-0.4, -0.2) is 28.5 Å². The Bertz CT molecular complexity index is 877. The maximum absolute atomic E-state index is 4.73. The molecule has 140 valence electrons. The van der Waals surface area contributed by atoms with Crippen LogP contribution in [0.5, 0.6) is 0 Å². The van der Waals surface area contributed by atoms with Gasteiger partial charge in [-0.2, -0.15) is 4.98 Å². The fraction of sp³-hybridized carbons (Fsp3) is 0.318. The van der Waals surface area contributed by atoms with Gasteiger partial charge >= 0.3 is 0 Å². The summed E-state index contributed by atoms with van der Waals surface area (Å²) >= 11 is 0. The molecule has 1 aromatic carbocycles. The van der Waals surface area contributed by atoms with Crippen LogP contribution in [0, 0.1) is 6.92 Å². The van der Waals surface area contributed by atoms with E-state index >= 15 is 0 Å². The molecule has 0 aliphatic carbocycles. The van der Waals surface area contributed by atoms with E-state index in [0.717, 1.165) is 30.2 Å². The molecule has 5 nitrogen and oxygen atoms in total. The summed E-state index contributed by atoms with van der Waals surface area (Å²) in [5.41, 5.74) is 4.53. The summed E-state index contributed by atoms with van der Waals surface area (Å²) in [5, 5.41) is 3.41. The van der Waals surface area contributed by atoms with Gasteiger partial charge in [0.1, 0.15) is 5.82 Å². The smallest absolute Gasteiger partial charge is 0.229 e. The summed E-state index contributed by atoms with van der Waals surface area (Å²) in [5.74, 6) is 1.98. The number of nitrogens with one attached hydrogen (secondary N) is 1. The number of pyridine rings is 1. The van der Waals surface area contributed by atoms with E-state index in [9.17, 15) is 0 Å². The van der Waals surface area contributed by atoms with Gasteiger partial charge in [0, 0.05) is 43.4 Å². The van der Waals surface area contributed by atoms with Crippen molar-refractivity contribution in [3.63, 3.8) is 0 Å². The number of nitrogens with zero attached hydrogens (tertiary/aromatic N) is 4. The number of hydrogen-bond acceptors (Lipinski definition) is 5. The van der Waals surface area contributed by atoms with Crippen LogP contribution in [0.1, 0.15) is 36.6 Å². The maximum Gasteiger partial charge on any atom is 0.229 e. The molecule has 0 atom stereocenters. The first kappa shape index (κ1) is 18.8. The van der Waals surface area contributed by atoms with Gasteiger partial charge in [0.25, 0.3) is 0 Å². The molecule has 0 bridgehead atoms. The predicted molar refractivity (Wildman–Crippen MR) is 112 cm³/mol. The summed E-state index contributed by atoms with van der Waals surface area (Å²) in [6, 6.07) is 14.4. The highest BCUT2D eigenvalue weighted by Gasteiger charge is 2.10. The summed E-state index contributed by atoms with van der Waals surface area (Å²) in [7, 11) is 2.06. The lowest BCUT2D eigenvalue weighted by Gasteiger charge is -2.20. The number of aromatic nitrogens is 3. The number of anilines is 3. The van der Waals surface area contributed by atoms with E-state index in [0.29, 0.717) is 11.9 Å². The standard InChI is InChI=1S/C22H27N5/c1-16(2)19-7-5-6-8-20(19)25-22-24-17(3)15-21(26-22)27(4)14-11-18-9-12-23-13-10-18/h5-10,12-13,15-16H,11,14H2,1-4H3,(H,24,25,26). The zero-order valence-corrected chi connectivity index (χ0v) is 16.5. The van der Waals surface area contributed by atoms with Gasteiger partial charge in [0.05, 0.1) is 0 Å². The lowest BCUT2D eigenvalue weighted by molar-refractivity contribution is 0.851. The van der Waals surface area contributed by atoms with Gasteiger partial charge in [-0.05, 0) is 48.6 Å². The maximum atomic E-state index is 4.73. The molecule has 3 aromatic rings. The van der Waals surface area contributed by atoms with E-state index in [1.165, 1.54) is 11.1 Å². The van der Waals surface area contributed by atoms with Gasteiger partial charge in [-0.3, -0.25) is 4.98 Å². The van der Waals surface area contributed by atoms with Crippen molar-refractivity contribution in [1.29, 1.82) is 0 Å². The lowest BCUT2D eigenvalue weighted by atomic mass is 10.0. The second kappa shape index (κ2) is 8.62. The first-order valence-electron chi connectivity index (χ1n) is 9.34. The topological polar surface area (TPSA) is 53.9 Å². The first-order valence-corrected chi connectivity index (χ1v) is 9.34. The van der Waals surface area contributed by atoms with E-state index in [2.05, 4.69) is 71.4 Å². The minimum atomic E-state index is 0.431. The molecule has 5 heteroatoms. The Morgan fingerprint density at radius 3 is 2.52 bits per heavy atom. The third-order valence-corrected chi connectivity index (χ3v) is 4.55. The molecule has 0 radical (unpaired) electrons. The van der Waals surface area contributed by atoms with Gasteiger partial charge < -0.3 is 10.2 Å². The first-order chi connectivity index (χ1) is 13.0. The summed E-state index contributed by atoms with van der Waals surface area (Å²) < 4.78 is 0. The molecule has 1 N–H and O–H groups in total. The average molecular weight is 361 g/mol. The summed E-state index contributed by atoms with van der Waals surface area (Å²) in [6.07, 6.45) is 4.61. The zero-order chi connectivity index (χ0) is 19.2. The summed E-state index contributed by atoms with van der Waals surface area (Å²) in [4.78, 5) is 15.5. The molecular formula is C22H27N5. The predicted octanol–water partition coefficient (Wildman–Crippen LogP) is 4.73. The molecule has 0 spiro atoms. The second-order valence-electron chi connectivity index (χ2n) is 7.09. The molecule has 0 unspecified atom stereocenters. The van der Waals surface area contributed by atoms with Crippen LogP contribution >= 0.6 is 0 Å². The number of benzene rings is 1. The molecule has 0 amide bonds. The molecular weight excluding hydrogens is 334 g/mol. The van der Waals surface area contributed by atoms with E-state index in [4.69, 9.17) is 4.98 Å². The van der Waals surface area contributed by atoms with E-state index in [-0.39, 0.29) is 0 Å². The molecule has 0 fully saturated rings. The van der Waals surface area contributed by atoms with Crippen LogP contribution in [0.4, 0.5) is 17.5 Å². The molecule has 0 aliphatic rings. The SMILES string of the molecule is Cc1cc(N(C)CCc2ccncc2)nc(Nc2ccccc2C(C)C)n1. The Kier molecular flexibility index (Phi) is 6.01. The number of para-hydroxylation sites is 1. The quantitative estimate of drug-likeness (QED) is 0.659. The van der Waals surface area contributed by atoms with Crippen LogP contribution in [0.25, 0.3) is 0 Å². The molecule has 3 rings (SSSR count). The van der Waals surface area contributed by atoms with Gasteiger partial charge in [-0.15, -0.1) is 0 Å². The summed E-state index contributed by atoms with van der Waals surface area (Å²) in [6.45, 7) is 7.26. The van der Waals surface area contributed by atoms with Crippen LogP contribution in [0.2, 0.25) is 0 Å². The van der Waals surface area contributed by atoms with Gasteiger partial charge in [-0.1, -0.05) is 32.0 Å². The van der Waals surface area contributed by atoms with E-state index < -0.39 is 0 Å². The van der Waals surface area contributed by atoms with Gasteiger partial charge in [-0.25, -0.2) is 4.98 Å². The van der Waals surface area contributed by atoms with E-state index in [1.807, 2.05) is 31.5 Å². The Morgan fingerprint density at radius 1 is 1.04 bits per heavy atom. The van der Waals surface area contributed by atoms with Crippen molar-refractivity contribution in [1.82, 2.24) is 15.0 Å². The fourth-order valence-corrected chi connectivity index (χ4v) is 3.00.